The molecule has 1 aromatic heterocycles. The van der Waals surface area contributed by atoms with E-state index in [4.69, 9.17) is 5.73 Å². The number of amides is 1. The highest BCUT2D eigenvalue weighted by molar-refractivity contribution is 5.76. The highest BCUT2D eigenvalue weighted by atomic mass is 16.1. The molecule has 0 aliphatic carbocycles. The molecule has 0 bridgehead atoms. The van der Waals surface area contributed by atoms with Crippen LogP contribution in [0.25, 0.3) is 0 Å². The Morgan fingerprint density at radius 1 is 1.60 bits per heavy atom. The molecule has 3 N–H and O–H groups in total. The van der Waals surface area contributed by atoms with E-state index in [0.717, 1.165) is 0 Å². The highest BCUT2D eigenvalue weighted by Crippen LogP contribution is 1.93. The molecular weight excluding hydrogens is 192 g/mol. The van der Waals surface area contributed by atoms with Crippen LogP contribution in [0, 0.1) is 0 Å². The molecule has 0 radical (unpaired) electrons. The minimum Gasteiger partial charge on any atom is -0.352 e. The molecule has 5 heteroatoms. The first kappa shape index (κ1) is 11.7. The number of nitrogens with two attached hydrogens (primary N) is 1. The second-order valence-corrected chi connectivity index (χ2v) is 3.88. The van der Waals surface area contributed by atoms with Gasteiger partial charge in [-0.3, -0.25) is 9.48 Å². The molecule has 1 rings (SSSR count). The Morgan fingerprint density at radius 3 is 2.87 bits per heavy atom. The van der Waals surface area contributed by atoms with E-state index in [1.165, 1.54) is 0 Å². The molecule has 2 atom stereocenters. The fourth-order valence-electron chi connectivity index (χ4n) is 1.36. The van der Waals surface area contributed by atoms with Crippen molar-refractivity contribution in [2.75, 3.05) is 0 Å². The third kappa shape index (κ3) is 4.60. The first-order valence-corrected chi connectivity index (χ1v) is 5.10. The lowest BCUT2D eigenvalue weighted by molar-refractivity contribution is -0.122. The van der Waals surface area contributed by atoms with Gasteiger partial charge in [-0.05, 0) is 19.9 Å². The molecule has 5 nitrogen and oxygen atoms in total. The summed E-state index contributed by atoms with van der Waals surface area (Å²) in [5, 5.41) is 6.93. The van der Waals surface area contributed by atoms with Crippen LogP contribution in [0.5, 0.6) is 0 Å². The Morgan fingerprint density at radius 2 is 2.33 bits per heavy atom. The minimum atomic E-state index is -0.0955. The van der Waals surface area contributed by atoms with Crippen LogP contribution in [0.4, 0.5) is 0 Å². The molecule has 0 aliphatic heterocycles. The number of carbonyl (C=O) groups is 1. The van der Waals surface area contributed by atoms with Crippen molar-refractivity contribution in [3.05, 3.63) is 18.5 Å². The predicted molar refractivity (Wildman–Crippen MR) is 58.1 cm³/mol. The van der Waals surface area contributed by atoms with Crippen LogP contribution in [0.15, 0.2) is 18.5 Å². The van der Waals surface area contributed by atoms with E-state index in [1.54, 1.807) is 10.9 Å². The van der Waals surface area contributed by atoms with E-state index in [0.29, 0.717) is 13.0 Å². The highest BCUT2D eigenvalue weighted by Gasteiger charge is 2.09. The summed E-state index contributed by atoms with van der Waals surface area (Å²) in [5.41, 5.74) is 5.53. The lowest BCUT2D eigenvalue weighted by atomic mass is 10.2. The lowest BCUT2D eigenvalue weighted by Crippen LogP contribution is -2.38. The van der Waals surface area contributed by atoms with Gasteiger partial charge in [-0.15, -0.1) is 0 Å². The molecule has 1 aromatic rings. The molecule has 15 heavy (non-hydrogen) atoms. The van der Waals surface area contributed by atoms with Gasteiger partial charge in [0.1, 0.15) is 0 Å². The normalized spacial score (nSPS) is 14.6. The zero-order valence-electron chi connectivity index (χ0n) is 9.18. The Bertz CT molecular complexity index is 294. The first-order valence-electron chi connectivity index (χ1n) is 5.10. The molecule has 0 fully saturated rings. The summed E-state index contributed by atoms with van der Waals surface area (Å²) in [6.45, 7) is 4.44. The molecule has 0 saturated heterocycles. The van der Waals surface area contributed by atoms with Gasteiger partial charge < -0.3 is 11.1 Å². The Kier molecular flexibility index (Phi) is 4.30. The Balaban J connectivity index is 2.29. The summed E-state index contributed by atoms with van der Waals surface area (Å²) in [6.07, 6.45) is 3.95. The maximum absolute atomic E-state index is 11.4. The van der Waals surface area contributed by atoms with Gasteiger partial charge in [0.15, 0.2) is 0 Å². The molecule has 0 spiro atoms. The van der Waals surface area contributed by atoms with Crippen LogP contribution < -0.4 is 11.1 Å². The van der Waals surface area contributed by atoms with E-state index in [9.17, 15) is 4.79 Å². The molecule has 1 heterocycles. The topological polar surface area (TPSA) is 72.9 Å². The summed E-state index contributed by atoms with van der Waals surface area (Å²) in [4.78, 5) is 11.4. The van der Waals surface area contributed by atoms with E-state index in [2.05, 4.69) is 10.4 Å². The van der Waals surface area contributed by atoms with Crippen molar-refractivity contribution >= 4 is 5.91 Å². The summed E-state index contributed by atoms with van der Waals surface area (Å²) in [5.74, 6) is -0.00958. The molecular formula is C10H18N4O. The summed E-state index contributed by atoms with van der Waals surface area (Å²) < 4.78 is 1.79. The van der Waals surface area contributed by atoms with Crippen molar-refractivity contribution in [1.29, 1.82) is 0 Å². The van der Waals surface area contributed by atoms with Crippen LogP contribution in [-0.4, -0.2) is 27.8 Å². The zero-order chi connectivity index (χ0) is 11.3. The second kappa shape index (κ2) is 5.50. The third-order valence-corrected chi connectivity index (χ3v) is 1.93. The zero-order valence-corrected chi connectivity index (χ0v) is 9.18. The second-order valence-electron chi connectivity index (χ2n) is 3.88. The van der Waals surface area contributed by atoms with Crippen molar-refractivity contribution in [3.8, 4) is 0 Å². The van der Waals surface area contributed by atoms with E-state index < -0.39 is 0 Å². The summed E-state index contributed by atoms with van der Waals surface area (Å²) >= 11 is 0. The van der Waals surface area contributed by atoms with E-state index in [1.807, 2.05) is 26.1 Å². The number of nitrogens with one attached hydrogen (secondary N) is 1. The van der Waals surface area contributed by atoms with Crippen molar-refractivity contribution in [3.63, 3.8) is 0 Å². The van der Waals surface area contributed by atoms with Crippen LogP contribution in [-0.2, 0) is 11.3 Å². The Hall–Kier alpha value is -1.36. The number of rotatable bonds is 5. The van der Waals surface area contributed by atoms with Gasteiger partial charge in [-0.2, -0.15) is 5.10 Å². The third-order valence-electron chi connectivity index (χ3n) is 1.93. The van der Waals surface area contributed by atoms with Gasteiger partial charge in [0, 0.05) is 30.9 Å². The number of carbonyl (C=O) groups excluding carboxylic acids is 1. The predicted octanol–water partition coefficient (Wildman–Crippen LogP) is 0.125. The van der Waals surface area contributed by atoms with E-state index >= 15 is 0 Å². The van der Waals surface area contributed by atoms with Crippen LogP contribution >= 0.6 is 0 Å². The van der Waals surface area contributed by atoms with Gasteiger partial charge in [0.2, 0.25) is 5.91 Å². The molecule has 0 aliphatic rings. The molecule has 2 unspecified atom stereocenters. The quantitative estimate of drug-likeness (QED) is 0.725. The largest absolute Gasteiger partial charge is 0.352 e. The van der Waals surface area contributed by atoms with Gasteiger partial charge in [0.05, 0.1) is 6.54 Å². The lowest BCUT2D eigenvalue weighted by Gasteiger charge is -2.14. The maximum atomic E-state index is 11.4. The van der Waals surface area contributed by atoms with Crippen LogP contribution in [0.3, 0.4) is 0 Å². The van der Waals surface area contributed by atoms with E-state index in [-0.39, 0.29) is 18.0 Å². The smallest absolute Gasteiger partial charge is 0.221 e. The van der Waals surface area contributed by atoms with Crippen molar-refractivity contribution in [2.24, 2.45) is 5.73 Å². The standard InChI is InChI=1S/C10H18N4O/c1-8(11)6-10(15)13-9(2)7-14-5-3-4-12-14/h3-5,8-9H,6-7,11H2,1-2H3,(H,13,15). The van der Waals surface area contributed by atoms with Crippen molar-refractivity contribution in [2.45, 2.75) is 38.9 Å². The van der Waals surface area contributed by atoms with Gasteiger partial charge in [0.25, 0.3) is 0 Å². The fourth-order valence-corrected chi connectivity index (χ4v) is 1.36. The van der Waals surface area contributed by atoms with Gasteiger partial charge in [-0.25, -0.2) is 0 Å². The number of nitrogens with zero attached hydrogens (tertiary/aromatic N) is 2. The molecule has 84 valence electrons. The van der Waals surface area contributed by atoms with Crippen LogP contribution in [0.2, 0.25) is 0 Å². The van der Waals surface area contributed by atoms with Gasteiger partial charge >= 0.3 is 0 Å². The van der Waals surface area contributed by atoms with Crippen molar-refractivity contribution < 1.29 is 4.79 Å². The minimum absolute atomic E-state index is 0.00958. The van der Waals surface area contributed by atoms with Gasteiger partial charge in [-0.1, -0.05) is 0 Å². The summed E-state index contributed by atoms with van der Waals surface area (Å²) in [6, 6.07) is 1.83. The number of aromatic nitrogens is 2. The molecule has 0 saturated carbocycles. The SMILES string of the molecule is CC(N)CC(=O)NC(C)Cn1cccn1. The Labute approximate surface area is 89.6 Å². The van der Waals surface area contributed by atoms with Crippen LogP contribution in [0.1, 0.15) is 20.3 Å². The average molecular weight is 210 g/mol. The molecule has 0 aromatic carbocycles. The van der Waals surface area contributed by atoms with Crippen molar-refractivity contribution in [1.82, 2.24) is 15.1 Å². The summed E-state index contributed by atoms with van der Waals surface area (Å²) in [7, 11) is 0. The number of hydrogen-bond acceptors (Lipinski definition) is 3. The maximum Gasteiger partial charge on any atom is 0.221 e. The monoisotopic (exact) mass is 210 g/mol. The average Bonchev–Trinajstić information content (AvgIpc) is 2.53. The molecule has 1 amide bonds. The fraction of sp³-hybridized carbons (Fsp3) is 0.600. The number of hydrogen-bond donors (Lipinski definition) is 2. The first-order chi connectivity index (χ1) is 7.08.